The normalized spacial score (nSPS) is 24.6. The van der Waals surface area contributed by atoms with Crippen LogP contribution >= 0.6 is 11.3 Å². The maximum atomic E-state index is 12.8. The third kappa shape index (κ3) is 2.88. The maximum Gasteiger partial charge on any atom is 0.272 e. The highest BCUT2D eigenvalue weighted by Crippen LogP contribution is 2.23. The van der Waals surface area contributed by atoms with Crippen molar-refractivity contribution in [1.29, 1.82) is 0 Å². The molecule has 2 fully saturated rings. The van der Waals surface area contributed by atoms with E-state index in [0.29, 0.717) is 11.6 Å². The van der Waals surface area contributed by atoms with Crippen molar-refractivity contribution in [3.63, 3.8) is 0 Å². The second-order valence-corrected chi connectivity index (χ2v) is 7.04. The SMILES string of the molecule is C.O=C(c1cc2ccsc2cn1)N1CCN2CCCC(C2)C1. The summed E-state index contributed by atoms with van der Waals surface area (Å²) in [4.78, 5) is 21.6. The summed E-state index contributed by atoms with van der Waals surface area (Å²) in [5.41, 5.74) is 0.590. The number of carbonyl (C=O) groups is 1. The molecule has 22 heavy (non-hydrogen) atoms. The van der Waals surface area contributed by atoms with Crippen LogP contribution in [0.25, 0.3) is 10.1 Å². The molecule has 0 aliphatic carbocycles. The third-order valence-corrected chi connectivity index (χ3v) is 5.48. The summed E-state index contributed by atoms with van der Waals surface area (Å²) in [6, 6.07) is 3.99. The molecule has 2 saturated heterocycles. The van der Waals surface area contributed by atoms with Crippen molar-refractivity contribution in [2.24, 2.45) is 5.92 Å². The number of pyridine rings is 1. The number of nitrogens with zero attached hydrogens (tertiary/aromatic N) is 3. The highest BCUT2D eigenvalue weighted by molar-refractivity contribution is 7.17. The van der Waals surface area contributed by atoms with Crippen LogP contribution in [0, 0.1) is 5.92 Å². The number of piperidine rings is 1. The van der Waals surface area contributed by atoms with Gasteiger partial charge >= 0.3 is 0 Å². The fourth-order valence-electron chi connectivity index (χ4n) is 3.50. The number of rotatable bonds is 1. The van der Waals surface area contributed by atoms with Gasteiger partial charge in [0.1, 0.15) is 5.69 Å². The van der Waals surface area contributed by atoms with Gasteiger partial charge in [-0.2, -0.15) is 0 Å². The van der Waals surface area contributed by atoms with Crippen LogP contribution in [0.4, 0.5) is 0 Å². The van der Waals surface area contributed by atoms with E-state index < -0.39 is 0 Å². The Balaban J connectivity index is 0.00000144. The molecule has 2 atom stereocenters. The first-order chi connectivity index (χ1) is 10.3. The minimum absolute atomic E-state index is 0. The number of hydrogen-bond acceptors (Lipinski definition) is 4. The summed E-state index contributed by atoms with van der Waals surface area (Å²) in [5, 5.41) is 3.17. The van der Waals surface area contributed by atoms with Crippen LogP contribution in [0.5, 0.6) is 0 Å². The maximum absolute atomic E-state index is 12.8. The second-order valence-electron chi connectivity index (χ2n) is 6.09. The zero-order valence-electron chi connectivity index (χ0n) is 12.0. The summed E-state index contributed by atoms with van der Waals surface area (Å²) in [7, 11) is 0. The Kier molecular flexibility index (Phi) is 4.45. The van der Waals surface area contributed by atoms with Gasteiger partial charge in [0.25, 0.3) is 5.91 Å². The molecule has 2 bridgehead atoms. The molecule has 0 saturated carbocycles. The molecule has 4 nitrogen and oxygen atoms in total. The molecule has 0 N–H and O–H groups in total. The first kappa shape index (κ1) is 15.4. The van der Waals surface area contributed by atoms with Crippen LogP contribution < -0.4 is 0 Å². The number of carbonyl (C=O) groups excluding carboxylic acids is 1. The molecular formula is C17H23N3OS. The monoisotopic (exact) mass is 317 g/mol. The lowest BCUT2D eigenvalue weighted by molar-refractivity contribution is 0.0740. The molecule has 2 aromatic heterocycles. The number of hydrogen-bond donors (Lipinski definition) is 0. The Morgan fingerprint density at radius 3 is 3.09 bits per heavy atom. The van der Waals surface area contributed by atoms with Gasteiger partial charge in [0, 0.05) is 32.4 Å². The van der Waals surface area contributed by atoms with Gasteiger partial charge in [-0.05, 0) is 48.2 Å². The predicted octanol–water partition coefficient (Wildman–Crippen LogP) is 3.10. The smallest absolute Gasteiger partial charge is 0.272 e. The lowest BCUT2D eigenvalue weighted by Gasteiger charge is -2.29. The topological polar surface area (TPSA) is 36.4 Å². The zero-order chi connectivity index (χ0) is 14.2. The molecule has 4 heterocycles. The van der Waals surface area contributed by atoms with Gasteiger partial charge in [0.15, 0.2) is 0 Å². The van der Waals surface area contributed by atoms with Crippen LogP contribution in [-0.2, 0) is 0 Å². The molecule has 0 spiro atoms. The molecule has 2 unspecified atom stereocenters. The minimum atomic E-state index is 0. The zero-order valence-corrected chi connectivity index (χ0v) is 12.8. The van der Waals surface area contributed by atoms with Crippen molar-refractivity contribution in [2.75, 3.05) is 32.7 Å². The van der Waals surface area contributed by atoms with Crippen molar-refractivity contribution >= 4 is 27.3 Å². The lowest BCUT2D eigenvalue weighted by atomic mass is 9.98. The molecule has 0 aromatic carbocycles. The Morgan fingerprint density at radius 2 is 2.18 bits per heavy atom. The van der Waals surface area contributed by atoms with E-state index in [4.69, 9.17) is 0 Å². The largest absolute Gasteiger partial charge is 0.336 e. The average Bonchev–Trinajstić information content (AvgIpc) is 2.93. The molecule has 4 rings (SSSR count). The van der Waals surface area contributed by atoms with E-state index >= 15 is 0 Å². The molecule has 2 aromatic rings. The quantitative estimate of drug-likeness (QED) is 0.811. The number of fused-ring (bicyclic) bond motifs is 3. The molecule has 2 aliphatic rings. The molecular weight excluding hydrogens is 294 g/mol. The Labute approximate surface area is 135 Å². The van der Waals surface area contributed by atoms with Crippen molar-refractivity contribution in [3.05, 3.63) is 29.4 Å². The molecule has 0 radical (unpaired) electrons. The van der Waals surface area contributed by atoms with Gasteiger partial charge in [-0.3, -0.25) is 4.79 Å². The molecule has 1 amide bonds. The predicted molar refractivity (Wildman–Crippen MR) is 91.4 cm³/mol. The minimum Gasteiger partial charge on any atom is -0.336 e. The van der Waals surface area contributed by atoms with Gasteiger partial charge in [-0.25, -0.2) is 4.98 Å². The average molecular weight is 317 g/mol. The number of thiophene rings is 1. The summed E-state index contributed by atoms with van der Waals surface area (Å²) in [6.07, 6.45) is 4.34. The van der Waals surface area contributed by atoms with Gasteiger partial charge in [-0.1, -0.05) is 7.43 Å². The first-order valence-corrected chi connectivity index (χ1v) is 8.52. The van der Waals surface area contributed by atoms with Gasteiger partial charge < -0.3 is 9.80 Å². The molecule has 5 heteroatoms. The summed E-state index contributed by atoms with van der Waals surface area (Å²) in [6.45, 7) is 5.07. The standard InChI is InChI=1S/C16H19N3OS.CH4/c20-16(14-8-13-3-7-21-15(13)9-17-14)19-6-5-18-4-1-2-12(10-18)11-19;/h3,7-9,12H,1-2,4-6,10-11H2;1H4. The summed E-state index contributed by atoms with van der Waals surface area (Å²) < 4.78 is 1.14. The van der Waals surface area contributed by atoms with E-state index in [-0.39, 0.29) is 13.3 Å². The molecule has 118 valence electrons. The fourth-order valence-corrected chi connectivity index (χ4v) is 4.24. The third-order valence-electron chi connectivity index (χ3n) is 4.61. The number of aromatic nitrogens is 1. The highest BCUT2D eigenvalue weighted by Gasteiger charge is 2.29. The Morgan fingerprint density at radius 1 is 1.27 bits per heavy atom. The number of amides is 1. The van der Waals surface area contributed by atoms with Crippen molar-refractivity contribution in [1.82, 2.24) is 14.8 Å². The van der Waals surface area contributed by atoms with Crippen LogP contribution in [0.2, 0.25) is 0 Å². The van der Waals surface area contributed by atoms with Crippen LogP contribution in [-0.4, -0.2) is 53.4 Å². The van der Waals surface area contributed by atoms with E-state index in [0.717, 1.165) is 36.3 Å². The van der Waals surface area contributed by atoms with Gasteiger partial charge in [0.2, 0.25) is 0 Å². The van der Waals surface area contributed by atoms with Crippen molar-refractivity contribution in [3.8, 4) is 0 Å². The Hall–Kier alpha value is -1.46. The summed E-state index contributed by atoms with van der Waals surface area (Å²) in [5.74, 6) is 0.729. The van der Waals surface area contributed by atoms with E-state index in [9.17, 15) is 4.79 Å². The highest BCUT2D eigenvalue weighted by atomic mass is 32.1. The lowest BCUT2D eigenvalue weighted by Crippen LogP contribution is -2.36. The van der Waals surface area contributed by atoms with Crippen LogP contribution in [0.1, 0.15) is 30.8 Å². The summed E-state index contributed by atoms with van der Waals surface area (Å²) >= 11 is 1.67. The van der Waals surface area contributed by atoms with Gasteiger partial charge in [0.05, 0.1) is 4.70 Å². The van der Waals surface area contributed by atoms with Crippen LogP contribution in [0.3, 0.4) is 0 Å². The first-order valence-electron chi connectivity index (χ1n) is 7.64. The van der Waals surface area contributed by atoms with E-state index in [1.54, 1.807) is 11.3 Å². The Bertz CT molecular complexity index is 669. The van der Waals surface area contributed by atoms with E-state index in [1.165, 1.54) is 19.4 Å². The van der Waals surface area contributed by atoms with E-state index in [2.05, 4.69) is 16.0 Å². The molecule has 2 aliphatic heterocycles. The fraction of sp³-hybridized carbons (Fsp3) is 0.529. The van der Waals surface area contributed by atoms with Crippen molar-refractivity contribution in [2.45, 2.75) is 20.3 Å². The van der Waals surface area contributed by atoms with E-state index in [1.807, 2.05) is 22.5 Å². The second kappa shape index (κ2) is 6.34. The van der Waals surface area contributed by atoms with Gasteiger partial charge in [-0.15, -0.1) is 11.3 Å². The van der Waals surface area contributed by atoms with Crippen LogP contribution in [0.15, 0.2) is 23.7 Å². The van der Waals surface area contributed by atoms with Crippen molar-refractivity contribution < 1.29 is 4.79 Å².